The molecule has 0 aromatic heterocycles. The highest BCUT2D eigenvalue weighted by atomic mass is 35.5. The van der Waals surface area contributed by atoms with E-state index in [-0.39, 0.29) is 12.5 Å². The van der Waals surface area contributed by atoms with Crippen LogP contribution in [0.5, 0.6) is 11.5 Å². The van der Waals surface area contributed by atoms with Crippen LogP contribution in [-0.4, -0.2) is 25.3 Å². The highest BCUT2D eigenvalue weighted by Gasteiger charge is 2.06. The Morgan fingerprint density at radius 1 is 1.00 bits per heavy atom. The molecule has 0 spiro atoms. The predicted octanol–water partition coefficient (Wildman–Crippen LogP) is 4.42. The van der Waals surface area contributed by atoms with Crippen molar-refractivity contribution in [1.82, 2.24) is 5.43 Å². The number of halogens is 1. The van der Waals surface area contributed by atoms with E-state index in [1.165, 1.54) is 0 Å². The number of nitrogens with one attached hydrogen (secondary N) is 1. The molecule has 0 bridgehead atoms. The maximum absolute atomic E-state index is 11.9. The Morgan fingerprint density at radius 3 is 2.52 bits per heavy atom. The fourth-order valence-electron chi connectivity index (χ4n) is 2.60. The molecule has 27 heavy (non-hydrogen) atoms. The Morgan fingerprint density at radius 2 is 1.74 bits per heavy atom. The minimum atomic E-state index is -0.374. The van der Waals surface area contributed by atoms with Crippen LogP contribution in [-0.2, 0) is 4.79 Å². The van der Waals surface area contributed by atoms with E-state index in [9.17, 15) is 4.79 Å². The minimum absolute atomic E-state index is 0.175. The molecule has 3 aromatic rings. The first-order chi connectivity index (χ1) is 13.2. The van der Waals surface area contributed by atoms with E-state index in [1.54, 1.807) is 30.5 Å². The summed E-state index contributed by atoms with van der Waals surface area (Å²) in [5.41, 5.74) is 3.33. The van der Waals surface area contributed by atoms with Gasteiger partial charge < -0.3 is 9.47 Å². The fourth-order valence-corrected chi connectivity index (χ4v) is 2.79. The van der Waals surface area contributed by atoms with E-state index in [2.05, 4.69) is 10.5 Å². The standard InChI is InChI=1S/C21H19ClN2O3/c1-2-26-19-12-11-15(16-7-3-4-8-17(16)19)13-23-24-21(25)14-27-20-10-6-5-9-18(20)22/h3-13H,2,14H2,1H3,(H,24,25)/b23-13-. The molecule has 138 valence electrons. The molecule has 3 rings (SSSR count). The average Bonchev–Trinajstić information content (AvgIpc) is 2.69. The SMILES string of the molecule is CCOc1ccc(/C=N\NC(=O)COc2ccccc2Cl)c2ccccc12. The maximum atomic E-state index is 11.9. The largest absolute Gasteiger partial charge is 0.493 e. The second-order valence-electron chi connectivity index (χ2n) is 5.64. The minimum Gasteiger partial charge on any atom is -0.493 e. The molecule has 0 aliphatic rings. The topological polar surface area (TPSA) is 59.9 Å². The number of nitrogens with zero attached hydrogens (tertiary/aromatic N) is 1. The third-order valence-electron chi connectivity index (χ3n) is 3.81. The number of benzene rings is 3. The summed E-state index contributed by atoms with van der Waals surface area (Å²) in [5.74, 6) is 0.902. The summed E-state index contributed by atoms with van der Waals surface area (Å²) in [6, 6.07) is 18.7. The smallest absolute Gasteiger partial charge is 0.277 e. The van der Waals surface area contributed by atoms with Crippen molar-refractivity contribution in [2.45, 2.75) is 6.92 Å². The van der Waals surface area contributed by atoms with E-state index in [4.69, 9.17) is 21.1 Å². The lowest BCUT2D eigenvalue weighted by molar-refractivity contribution is -0.123. The van der Waals surface area contributed by atoms with Gasteiger partial charge in [0.25, 0.3) is 5.91 Å². The molecule has 0 radical (unpaired) electrons. The molecule has 0 unspecified atom stereocenters. The van der Waals surface area contributed by atoms with Crippen LogP contribution < -0.4 is 14.9 Å². The van der Waals surface area contributed by atoms with Gasteiger partial charge >= 0.3 is 0 Å². The van der Waals surface area contributed by atoms with E-state index in [1.807, 2.05) is 43.3 Å². The lowest BCUT2D eigenvalue weighted by Gasteiger charge is -2.09. The van der Waals surface area contributed by atoms with Crippen molar-refractivity contribution in [1.29, 1.82) is 0 Å². The number of ether oxygens (including phenoxy) is 2. The van der Waals surface area contributed by atoms with Crippen LogP contribution in [0, 0.1) is 0 Å². The number of amides is 1. The van der Waals surface area contributed by atoms with E-state index in [0.717, 1.165) is 22.1 Å². The van der Waals surface area contributed by atoms with Crippen LogP contribution in [0.2, 0.25) is 5.02 Å². The van der Waals surface area contributed by atoms with Crippen molar-refractivity contribution in [3.8, 4) is 11.5 Å². The van der Waals surface area contributed by atoms with Crippen molar-refractivity contribution < 1.29 is 14.3 Å². The van der Waals surface area contributed by atoms with Gasteiger partial charge in [0.1, 0.15) is 11.5 Å². The summed E-state index contributed by atoms with van der Waals surface area (Å²) < 4.78 is 11.0. The number of carbonyl (C=O) groups excluding carboxylic acids is 1. The van der Waals surface area contributed by atoms with Crippen molar-refractivity contribution in [3.05, 3.63) is 71.2 Å². The number of hydrazone groups is 1. The summed E-state index contributed by atoms with van der Waals surface area (Å²) in [5, 5.41) is 6.47. The van der Waals surface area contributed by atoms with Gasteiger partial charge in [-0.2, -0.15) is 5.10 Å². The zero-order chi connectivity index (χ0) is 19.1. The van der Waals surface area contributed by atoms with Crippen molar-refractivity contribution in [2.75, 3.05) is 13.2 Å². The average molecular weight is 383 g/mol. The van der Waals surface area contributed by atoms with Gasteiger partial charge in [0, 0.05) is 10.9 Å². The molecule has 5 nitrogen and oxygen atoms in total. The monoisotopic (exact) mass is 382 g/mol. The highest BCUT2D eigenvalue weighted by molar-refractivity contribution is 6.32. The van der Waals surface area contributed by atoms with E-state index in [0.29, 0.717) is 17.4 Å². The quantitative estimate of drug-likeness (QED) is 0.486. The first-order valence-electron chi connectivity index (χ1n) is 8.53. The number of para-hydroxylation sites is 1. The lowest BCUT2D eigenvalue weighted by atomic mass is 10.0. The van der Waals surface area contributed by atoms with Gasteiger partial charge in [0.05, 0.1) is 17.8 Å². The molecule has 3 aromatic carbocycles. The van der Waals surface area contributed by atoms with Gasteiger partial charge in [-0.05, 0) is 36.6 Å². The highest BCUT2D eigenvalue weighted by Crippen LogP contribution is 2.27. The third kappa shape index (κ3) is 4.77. The fraction of sp³-hybridized carbons (Fsp3) is 0.143. The maximum Gasteiger partial charge on any atom is 0.277 e. The molecule has 0 saturated heterocycles. The first-order valence-corrected chi connectivity index (χ1v) is 8.90. The summed E-state index contributed by atoms with van der Waals surface area (Å²) in [4.78, 5) is 11.9. The second-order valence-corrected chi connectivity index (χ2v) is 6.05. The lowest BCUT2D eigenvalue weighted by Crippen LogP contribution is -2.24. The van der Waals surface area contributed by atoms with Crippen LogP contribution >= 0.6 is 11.6 Å². The van der Waals surface area contributed by atoms with Crippen LogP contribution in [0.15, 0.2) is 65.8 Å². The number of fused-ring (bicyclic) bond motifs is 1. The number of carbonyl (C=O) groups is 1. The number of hydrogen-bond acceptors (Lipinski definition) is 4. The zero-order valence-electron chi connectivity index (χ0n) is 14.8. The van der Waals surface area contributed by atoms with Crippen LogP contribution in [0.4, 0.5) is 0 Å². The summed E-state index contributed by atoms with van der Waals surface area (Å²) >= 11 is 5.99. The molecule has 0 heterocycles. The van der Waals surface area contributed by atoms with Crippen LogP contribution in [0.3, 0.4) is 0 Å². The van der Waals surface area contributed by atoms with Crippen molar-refractivity contribution in [2.24, 2.45) is 5.10 Å². The summed E-state index contributed by atoms with van der Waals surface area (Å²) in [6.07, 6.45) is 1.60. The van der Waals surface area contributed by atoms with Crippen LogP contribution in [0.25, 0.3) is 10.8 Å². The molecule has 0 aliphatic heterocycles. The van der Waals surface area contributed by atoms with Crippen LogP contribution in [0.1, 0.15) is 12.5 Å². The first kappa shape index (κ1) is 18.7. The Balaban J connectivity index is 1.65. The van der Waals surface area contributed by atoms with Crippen molar-refractivity contribution in [3.63, 3.8) is 0 Å². The Bertz CT molecular complexity index is 973. The molecule has 0 fully saturated rings. The Hall–Kier alpha value is -3.05. The molecule has 1 N–H and O–H groups in total. The Kier molecular flexibility index (Phi) is 6.28. The van der Waals surface area contributed by atoms with Gasteiger partial charge in [-0.3, -0.25) is 4.79 Å². The van der Waals surface area contributed by atoms with Gasteiger partial charge in [-0.15, -0.1) is 0 Å². The second kappa shape index (κ2) is 9.05. The Labute approximate surface area is 162 Å². The normalized spacial score (nSPS) is 10.9. The van der Waals surface area contributed by atoms with E-state index < -0.39 is 0 Å². The summed E-state index contributed by atoms with van der Waals surface area (Å²) in [6.45, 7) is 2.37. The zero-order valence-corrected chi connectivity index (χ0v) is 15.6. The molecular weight excluding hydrogens is 364 g/mol. The van der Waals surface area contributed by atoms with Gasteiger partial charge in [-0.1, -0.05) is 48.0 Å². The molecular formula is C21H19ClN2O3. The predicted molar refractivity (Wildman–Crippen MR) is 108 cm³/mol. The van der Waals surface area contributed by atoms with Gasteiger partial charge in [-0.25, -0.2) is 5.43 Å². The molecule has 0 aliphatic carbocycles. The van der Waals surface area contributed by atoms with Gasteiger partial charge in [0.15, 0.2) is 6.61 Å². The summed E-state index contributed by atoms with van der Waals surface area (Å²) in [7, 11) is 0. The number of hydrogen-bond donors (Lipinski definition) is 1. The molecule has 0 atom stereocenters. The van der Waals surface area contributed by atoms with Crippen molar-refractivity contribution >= 4 is 34.5 Å². The third-order valence-corrected chi connectivity index (χ3v) is 4.12. The molecule has 6 heteroatoms. The molecule has 1 amide bonds. The van der Waals surface area contributed by atoms with Gasteiger partial charge in [0.2, 0.25) is 0 Å². The molecule has 0 saturated carbocycles. The van der Waals surface area contributed by atoms with E-state index >= 15 is 0 Å². The number of rotatable bonds is 7.